The van der Waals surface area contributed by atoms with Gasteiger partial charge in [0.15, 0.2) is 0 Å². The molecule has 1 spiro atoms. The summed E-state index contributed by atoms with van der Waals surface area (Å²) in [7, 11) is 0. The Bertz CT molecular complexity index is 836. The van der Waals surface area contributed by atoms with Crippen LogP contribution in [0.15, 0.2) is 16.5 Å². The van der Waals surface area contributed by atoms with Crippen LogP contribution in [0, 0.1) is 0 Å². The molecule has 0 radical (unpaired) electrons. The van der Waals surface area contributed by atoms with Gasteiger partial charge in [-0.1, -0.05) is 30.9 Å². The Morgan fingerprint density at radius 1 is 1.26 bits per heavy atom. The van der Waals surface area contributed by atoms with Crippen LogP contribution in [0.5, 0.6) is 0 Å². The normalized spacial score (nSPS) is 19.3. The molecule has 2 heterocycles. The summed E-state index contributed by atoms with van der Waals surface area (Å²) in [6, 6.07) is 2.82. The molecule has 0 unspecified atom stereocenters. The Hall–Kier alpha value is -2.21. The molecular weight excluding hydrogens is 320 g/mol. The van der Waals surface area contributed by atoms with Crippen molar-refractivity contribution in [2.24, 2.45) is 0 Å². The van der Waals surface area contributed by atoms with Crippen LogP contribution in [-0.4, -0.2) is 17.1 Å². The van der Waals surface area contributed by atoms with Crippen molar-refractivity contribution in [1.82, 2.24) is 5.32 Å². The Morgan fingerprint density at radius 2 is 2.00 bits per heavy atom. The van der Waals surface area contributed by atoms with Crippen molar-refractivity contribution in [3.8, 4) is 0 Å². The number of amides is 2. The van der Waals surface area contributed by atoms with E-state index in [2.05, 4.69) is 10.6 Å². The van der Waals surface area contributed by atoms with Gasteiger partial charge >= 0.3 is 12.0 Å². The summed E-state index contributed by atoms with van der Waals surface area (Å²) in [6.07, 6.45) is 4.65. The van der Waals surface area contributed by atoms with E-state index in [9.17, 15) is 14.7 Å². The summed E-state index contributed by atoms with van der Waals surface area (Å²) in [5.74, 6) is -1.26. The molecule has 1 aromatic heterocycles. The summed E-state index contributed by atoms with van der Waals surface area (Å²) >= 11 is 6.35. The van der Waals surface area contributed by atoms with E-state index < -0.39 is 11.5 Å². The first kappa shape index (κ1) is 14.4. The zero-order valence-electron chi connectivity index (χ0n) is 12.2. The lowest BCUT2D eigenvalue weighted by atomic mass is 9.74. The Labute approximate surface area is 136 Å². The number of fused-ring (bicyclic) bond motifs is 4. The van der Waals surface area contributed by atoms with Gasteiger partial charge in [-0.15, -0.1) is 0 Å². The van der Waals surface area contributed by atoms with Crippen molar-refractivity contribution < 1.29 is 19.1 Å². The second-order valence-electron chi connectivity index (χ2n) is 6.16. The van der Waals surface area contributed by atoms with E-state index in [0.717, 1.165) is 37.7 Å². The highest BCUT2D eigenvalue weighted by Crippen LogP contribution is 2.48. The largest absolute Gasteiger partial charge is 0.475 e. The van der Waals surface area contributed by atoms with Crippen LogP contribution in [-0.2, 0) is 5.54 Å². The summed E-state index contributed by atoms with van der Waals surface area (Å²) in [5, 5.41) is 16.0. The van der Waals surface area contributed by atoms with Crippen LogP contribution < -0.4 is 10.6 Å². The van der Waals surface area contributed by atoms with Gasteiger partial charge in [-0.25, -0.2) is 9.59 Å². The third-order valence-electron chi connectivity index (χ3n) is 4.75. The third kappa shape index (κ3) is 2.09. The number of furan rings is 1. The fourth-order valence-corrected chi connectivity index (χ4v) is 4.05. The second kappa shape index (κ2) is 4.89. The van der Waals surface area contributed by atoms with Gasteiger partial charge in [-0.3, -0.25) is 0 Å². The zero-order valence-corrected chi connectivity index (χ0v) is 13.0. The molecule has 2 aliphatic rings. The number of carboxylic acid groups (broad SMARTS) is 1. The van der Waals surface area contributed by atoms with E-state index in [1.165, 1.54) is 6.07 Å². The topological polar surface area (TPSA) is 91.6 Å². The van der Waals surface area contributed by atoms with E-state index >= 15 is 0 Å². The number of hydrogen-bond acceptors (Lipinski definition) is 3. The summed E-state index contributed by atoms with van der Waals surface area (Å²) in [5.41, 5.74) is 1.23. The number of carbonyl (C=O) groups is 2. The fourth-order valence-electron chi connectivity index (χ4n) is 3.79. The minimum absolute atomic E-state index is 0.132. The Kier molecular flexibility index (Phi) is 3.06. The van der Waals surface area contributed by atoms with Gasteiger partial charge in [-0.05, 0) is 25.0 Å². The van der Waals surface area contributed by atoms with Gasteiger partial charge in [-0.2, -0.15) is 0 Å². The SMILES string of the molecule is O=C1Nc2c(Cl)cc3cc(C(=O)O)oc3c2C2(CCCCC2)N1. The molecule has 7 heteroatoms. The highest BCUT2D eigenvalue weighted by atomic mass is 35.5. The molecule has 1 saturated carbocycles. The van der Waals surface area contributed by atoms with Crippen LogP contribution in [0.3, 0.4) is 0 Å². The highest BCUT2D eigenvalue weighted by Gasteiger charge is 2.43. The van der Waals surface area contributed by atoms with Crippen molar-refractivity contribution in [2.75, 3.05) is 5.32 Å². The molecular formula is C16H15ClN2O4. The Balaban J connectivity index is 2.04. The molecule has 4 rings (SSSR count). The number of carboxylic acids is 1. The van der Waals surface area contributed by atoms with Gasteiger partial charge < -0.3 is 20.2 Å². The first-order valence-corrected chi connectivity index (χ1v) is 7.97. The number of aromatic carboxylic acids is 1. The molecule has 2 amide bonds. The summed E-state index contributed by atoms with van der Waals surface area (Å²) in [4.78, 5) is 23.3. The fraction of sp³-hybridized carbons (Fsp3) is 0.375. The molecule has 23 heavy (non-hydrogen) atoms. The monoisotopic (exact) mass is 334 g/mol. The third-order valence-corrected chi connectivity index (χ3v) is 5.04. The lowest BCUT2D eigenvalue weighted by Crippen LogP contribution is -2.52. The molecule has 6 nitrogen and oxygen atoms in total. The van der Waals surface area contributed by atoms with Crippen molar-refractivity contribution in [1.29, 1.82) is 0 Å². The quantitative estimate of drug-likeness (QED) is 0.732. The molecule has 120 valence electrons. The van der Waals surface area contributed by atoms with Gasteiger partial charge in [0.2, 0.25) is 5.76 Å². The van der Waals surface area contributed by atoms with Crippen LogP contribution >= 0.6 is 11.6 Å². The summed E-state index contributed by atoms with van der Waals surface area (Å²) < 4.78 is 5.60. The van der Waals surface area contributed by atoms with E-state index in [1.54, 1.807) is 6.07 Å². The predicted molar refractivity (Wildman–Crippen MR) is 85.1 cm³/mol. The number of carbonyl (C=O) groups excluding carboxylic acids is 1. The molecule has 1 aliphatic carbocycles. The lowest BCUT2D eigenvalue weighted by molar-refractivity contribution is 0.0664. The van der Waals surface area contributed by atoms with Gasteiger partial charge in [0.25, 0.3) is 0 Å². The zero-order chi connectivity index (χ0) is 16.2. The lowest BCUT2D eigenvalue weighted by Gasteiger charge is -2.42. The molecule has 3 N–H and O–H groups in total. The minimum Gasteiger partial charge on any atom is -0.475 e. The van der Waals surface area contributed by atoms with E-state index in [0.29, 0.717) is 21.7 Å². The van der Waals surface area contributed by atoms with E-state index in [4.69, 9.17) is 16.0 Å². The first-order chi connectivity index (χ1) is 11.0. The maximum absolute atomic E-state index is 12.1. The molecule has 1 aromatic carbocycles. The van der Waals surface area contributed by atoms with E-state index in [1.807, 2.05) is 0 Å². The molecule has 2 aromatic rings. The van der Waals surface area contributed by atoms with Crippen molar-refractivity contribution in [3.63, 3.8) is 0 Å². The van der Waals surface area contributed by atoms with Crippen LogP contribution in [0.1, 0.15) is 48.2 Å². The number of benzene rings is 1. The van der Waals surface area contributed by atoms with Gasteiger partial charge in [0.05, 0.1) is 16.2 Å². The predicted octanol–water partition coefficient (Wildman–Crippen LogP) is 4.08. The van der Waals surface area contributed by atoms with Gasteiger partial charge in [0, 0.05) is 10.9 Å². The maximum atomic E-state index is 12.1. The molecule has 1 fully saturated rings. The van der Waals surface area contributed by atoms with E-state index in [-0.39, 0.29) is 11.8 Å². The van der Waals surface area contributed by atoms with Crippen LogP contribution in [0.25, 0.3) is 11.0 Å². The van der Waals surface area contributed by atoms with Crippen LogP contribution in [0.4, 0.5) is 10.5 Å². The summed E-state index contributed by atoms with van der Waals surface area (Å²) in [6.45, 7) is 0. The van der Waals surface area contributed by atoms with Crippen molar-refractivity contribution >= 4 is 40.3 Å². The number of rotatable bonds is 1. The minimum atomic E-state index is -1.13. The number of hydrogen-bond donors (Lipinski definition) is 3. The number of nitrogens with one attached hydrogen (secondary N) is 2. The first-order valence-electron chi connectivity index (χ1n) is 7.59. The molecule has 0 bridgehead atoms. The Morgan fingerprint density at radius 3 is 2.70 bits per heavy atom. The van der Waals surface area contributed by atoms with Crippen molar-refractivity contribution in [2.45, 2.75) is 37.6 Å². The second-order valence-corrected chi connectivity index (χ2v) is 6.57. The van der Waals surface area contributed by atoms with Crippen LogP contribution in [0.2, 0.25) is 5.02 Å². The average molecular weight is 335 g/mol. The van der Waals surface area contributed by atoms with Gasteiger partial charge in [0.1, 0.15) is 5.58 Å². The standard InChI is InChI=1S/C16H15ClN2O4/c17-9-6-8-7-10(14(20)21)23-13(8)11-12(9)18-15(22)19-16(11)4-2-1-3-5-16/h6-7H,1-5H2,(H,20,21)(H2,18,19,22). The molecule has 0 saturated heterocycles. The average Bonchev–Trinajstić information content (AvgIpc) is 2.91. The smallest absolute Gasteiger partial charge is 0.371 e. The number of urea groups is 1. The number of halogens is 1. The highest BCUT2D eigenvalue weighted by molar-refractivity contribution is 6.35. The maximum Gasteiger partial charge on any atom is 0.371 e. The van der Waals surface area contributed by atoms with Crippen molar-refractivity contribution in [3.05, 3.63) is 28.5 Å². The molecule has 0 atom stereocenters. The number of anilines is 1. The molecule has 1 aliphatic heterocycles.